The van der Waals surface area contributed by atoms with Gasteiger partial charge in [0.2, 0.25) is 5.91 Å². The third-order valence-corrected chi connectivity index (χ3v) is 4.79. The maximum absolute atomic E-state index is 13.1. The van der Waals surface area contributed by atoms with Crippen LogP contribution >= 0.6 is 0 Å². The standard InChI is InChI=1S/C23H27N5O3/c1-23(2,31)14-26-20(29)13-28-10-9-15-5-4-6-19(21(15)22(28)30)27-17-7-8-18(25-3)16(11-17)12-24/h4-12,24-25,27,31H,13-14H2,1-3H3,(H,26,29). The third-order valence-electron chi connectivity index (χ3n) is 4.79. The monoisotopic (exact) mass is 421 g/mol. The molecule has 0 atom stereocenters. The highest BCUT2D eigenvalue weighted by Crippen LogP contribution is 2.26. The van der Waals surface area contributed by atoms with Crippen LogP contribution in [0, 0.1) is 5.41 Å². The average molecular weight is 422 g/mol. The zero-order chi connectivity index (χ0) is 22.6. The lowest BCUT2D eigenvalue weighted by Gasteiger charge is -2.18. The van der Waals surface area contributed by atoms with Crippen LogP contribution in [0.1, 0.15) is 19.4 Å². The fourth-order valence-corrected chi connectivity index (χ4v) is 3.23. The van der Waals surface area contributed by atoms with Gasteiger partial charge >= 0.3 is 0 Å². The van der Waals surface area contributed by atoms with Crippen molar-refractivity contribution in [3.63, 3.8) is 0 Å². The van der Waals surface area contributed by atoms with E-state index in [1.807, 2.05) is 30.3 Å². The van der Waals surface area contributed by atoms with Crippen LogP contribution in [-0.2, 0) is 11.3 Å². The van der Waals surface area contributed by atoms with Gasteiger partial charge in [-0.3, -0.25) is 9.59 Å². The van der Waals surface area contributed by atoms with Gasteiger partial charge in [0.15, 0.2) is 0 Å². The second-order valence-corrected chi connectivity index (χ2v) is 7.93. The summed E-state index contributed by atoms with van der Waals surface area (Å²) in [7, 11) is 1.79. The number of carbonyl (C=O) groups is 1. The molecule has 0 aliphatic rings. The molecule has 3 rings (SSSR count). The molecule has 0 bridgehead atoms. The van der Waals surface area contributed by atoms with E-state index in [4.69, 9.17) is 5.41 Å². The van der Waals surface area contributed by atoms with Crippen LogP contribution in [-0.4, -0.2) is 41.0 Å². The topological polar surface area (TPSA) is 119 Å². The molecule has 0 fully saturated rings. The van der Waals surface area contributed by atoms with Crippen molar-refractivity contribution in [3.05, 3.63) is 64.6 Å². The van der Waals surface area contributed by atoms with Crippen LogP contribution in [0.4, 0.5) is 17.1 Å². The first kappa shape index (κ1) is 22.0. The number of nitrogens with zero attached hydrogens (tertiary/aromatic N) is 1. The fourth-order valence-electron chi connectivity index (χ4n) is 3.23. The summed E-state index contributed by atoms with van der Waals surface area (Å²) in [5.41, 5.74) is 1.58. The molecule has 8 nitrogen and oxygen atoms in total. The van der Waals surface area contributed by atoms with E-state index in [2.05, 4.69) is 16.0 Å². The summed E-state index contributed by atoms with van der Waals surface area (Å²) in [5.74, 6) is -0.354. The number of pyridine rings is 1. The summed E-state index contributed by atoms with van der Waals surface area (Å²) >= 11 is 0. The molecule has 31 heavy (non-hydrogen) atoms. The number of aliphatic hydroxyl groups is 1. The van der Waals surface area contributed by atoms with E-state index in [0.29, 0.717) is 16.6 Å². The van der Waals surface area contributed by atoms with E-state index in [9.17, 15) is 14.7 Å². The molecule has 1 amide bonds. The highest BCUT2D eigenvalue weighted by molar-refractivity contribution is 5.95. The first-order valence-electron chi connectivity index (χ1n) is 9.92. The first-order chi connectivity index (χ1) is 14.7. The van der Waals surface area contributed by atoms with Crippen molar-refractivity contribution in [2.45, 2.75) is 26.0 Å². The summed E-state index contributed by atoms with van der Waals surface area (Å²) in [6.45, 7) is 3.15. The van der Waals surface area contributed by atoms with Crippen LogP contribution in [0.3, 0.4) is 0 Å². The van der Waals surface area contributed by atoms with Gasteiger partial charge in [0.05, 0.1) is 16.7 Å². The number of fused-ring (bicyclic) bond motifs is 1. The number of amides is 1. The Balaban J connectivity index is 1.93. The molecule has 0 unspecified atom stereocenters. The third kappa shape index (κ3) is 5.29. The number of nitrogens with one attached hydrogen (secondary N) is 4. The number of hydrogen-bond acceptors (Lipinski definition) is 6. The second-order valence-electron chi connectivity index (χ2n) is 7.93. The minimum atomic E-state index is -1.03. The normalized spacial score (nSPS) is 11.2. The van der Waals surface area contributed by atoms with Gasteiger partial charge in [-0.05, 0) is 49.6 Å². The molecule has 3 aromatic rings. The van der Waals surface area contributed by atoms with Gasteiger partial charge in [-0.1, -0.05) is 12.1 Å². The number of aromatic nitrogens is 1. The molecular formula is C23H27N5O3. The van der Waals surface area contributed by atoms with Crippen molar-refractivity contribution in [2.24, 2.45) is 0 Å². The summed E-state index contributed by atoms with van der Waals surface area (Å²) in [4.78, 5) is 25.4. The Kier molecular flexibility index (Phi) is 6.41. The quantitative estimate of drug-likeness (QED) is 0.358. The van der Waals surface area contributed by atoms with E-state index >= 15 is 0 Å². The zero-order valence-electron chi connectivity index (χ0n) is 17.8. The van der Waals surface area contributed by atoms with Gasteiger partial charge < -0.3 is 31.0 Å². The molecule has 2 aromatic carbocycles. The molecular weight excluding hydrogens is 394 g/mol. The number of hydrogen-bond donors (Lipinski definition) is 5. The van der Waals surface area contributed by atoms with E-state index in [-0.39, 0.29) is 24.6 Å². The van der Waals surface area contributed by atoms with Crippen LogP contribution in [0.25, 0.3) is 10.8 Å². The number of benzene rings is 2. The van der Waals surface area contributed by atoms with Gasteiger partial charge in [0, 0.05) is 42.9 Å². The Morgan fingerprint density at radius 2 is 1.97 bits per heavy atom. The molecule has 1 heterocycles. The average Bonchev–Trinajstić information content (AvgIpc) is 2.73. The van der Waals surface area contributed by atoms with Crippen molar-refractivity contribution in [2.75, 3.05) is 24.2 Å². The Morgan fingerprint density at radius 3 is 2.65 bits per heavy atom. The Labute approximate surface area is 180 Å². The van der Waals surface area contributed by atoms with Crippen molar-refractivity contribution >= 4 is 40.0 Å². The molecule has 8 heteroatoms. The molecule has 0 aliphatic heterocycles. The largest absolute Gasteiger partial charge is 0.389 e. The van der Waals surface area contributed by atoms with Gasteiger partial charge in [0.25, 0.3) is 5.56 Å². The lowest BCUT2D eigenvalue weighted by atomic mass is 10.1. The summed E-state index contributed by atoms with van der Waals surface area (Å²) in [5, 5.41) is 27.5. The van der Waals surface area contributed by atoms with Gasteiger partial charge in [-0.15, -0.1) is 0 Å². The van der Waals surface area contributed by atoms with Crippen molar-refractivity contribution in [1.82, 2.24) is 9.88 Å². The van der Waals surface area contributed by atoms with E-state index < -0.39 is 5.60 Å². The molecule has 5 N–H and O–H groups in total. The number of carbonyl (C=O) groups excluding carboxylic acids is 1. The molecule has 0 spiro atoms. The molecule has 0 saturated heterocycles. The Morgan fingerprint density at radius 1 is 1.19 bits per heavy atom. The van der Waals surface area contributed by atoms with E-state index in [1.165, 1.54) is 10.8 Å². The Bertz CT molecular complexity index is 1180. The minimum Gasteiger partial charge on any atom is -0.389 e. The van der Waals surface area contributed by atoms with Crippen LogP contribution < -0.4 is 21.5 Å². The van der Waals surface area contributed by atoms with Crippen molar-refractivity contribution in [3.8, 4) is 0 Å². The predicted molar refractivity (Wildman–Crippen MR) is 125 cm³/mol. The van der Waals surface area contributed by atoms with Gasteiger partial charge in [-0.2, -0.15) is 0 Å². The molecule has 0 saturated carbocycles. The maximum Gasteiger partial charge on any atom is 0.261 e. The fraction of sp³-hybridized carbons (Fsp3) is 0.261. The molecule has 1 aromatic heterocycles. The van der Waals surface area contributed by atoms with Crippen LogP contribution in [0.2, 0.25) is 0 Å². The first-order valence-corrected chi connectivity index (χ1v) is 9.92. The lowest BCUT2D eigenvalue weighted by Crippen LogP contribution is -2.40. The summed E-state index contributed by atoms with van der Waals surface area (Å²) in [6, 6.07) is 12.8. The summed E-state index contributed by atoms with van der Waals surface area (Å²) in [6.07, 6.45) is 2.85. The highest BCUT2D eigenvalue weighted by Gasteiger charge is 2.15. The Hall–Kier alpha value is -3.65. The predicted octanol–water partition coefficient (Wildman–Crippen LogP) is 2.67. The van der Waals surface area contributed by atoms with E-state index in [1.54, 1.807) is 39.2 Å². The second kappa shape index (κ2) is 9.01. The smallest absolute Gasteiger partial charge is 0.261 e. The maximum atomic E-state index is 13.1. The lowest BCUT2D eigenvalue weighted by molar-refractivity contribution is -0.122. The van der Waals surface area contributed by atoms with Crippen molar-refractivity contribution < 1.29 is 9.90 Å². The van der Waals surface area contributed by atoms with Crippen LogP contribution in [0.5, 0.6) is 0 Å². The summed E-state index contributed by atoms with van der Waals surface area (Å²) < 4.78 is 1.35. The minimum absolute atomic E-state index is 0.0962. The van der Waals surface area contributed by atoms with Crippen molar-refractivity contribution in [1.29, 1.82) is 5.41 Å². The molecule has 0 radical (unpaired) electrons. The van der Waals surface area contributed by atoms with E-state index in [0.717, 1.165) is 16.8 Å². The zero-order valence-corrected chi connectivity index (χ0v) is 17.8. The van der Waals surface area contributed by atoms with Crippen LogP contribution in [0.15, 0.2) is 53.5 Å². The van der Waals surface area contributed by atoms with Gasteiger partial charge in [-0.25, -0.2) is 0 Å². The van der Waals surface area contributed by atoms with Gasteiger partial charge in [0.1, 0.15) is 6.54 Å². The highest BCUT2D eigenvalue weighted by atomic mass is 16.3. The SMILES string of the molecule is CNc1ccc(Nc2cccc3ccn(CC(=O)NCC(C)(C)O)c(=O)c23)cc1C=N. The molecule has 0 aliphatic carbocycles. The number of rotatable bonds is 8. The number of anilines is 3. The molecule has 162 valence electrons.